The Balaban J connectivity index is 1.33. The van der Waals surface area contributed by atoms with Gasteiger partial charge in [-0.1, -0.05) is 36.4 Å². The van der Waals surface area contributed by atoms with Gasteiger partial charge in [-0.25, -0.2) is 0 Å². The summed E-state index contributed by atoms with van der Waals surface area (Å²) in [4.78, 5) is 12.9. The van der Waals surface area contributed by atoms with Crippen LogP contribution in [0.25, 0.3) is 0 Å². The molecule has 0 fully saturated rings. The van der Waals surface area contributed by atoms with Crippen LogP contribution in [-0.2, 0) is 9.53 Å². The van der Waals surface area contributed by atoms with Gasteiger partial charge < -0.3 is 80.2 Å². The number of esters is 1. The minimum Gasteiger partial charge on any atom is -0.508 e. The normalized spacial score (nSPS) is 24.3. The van der Waals surface area contributed by atoms with Crippen molar-refractivity contribution in [3.63, 3.8) is 0 Å². The Morgan fingerprint density at radius 3 is 1.28 bits per heavy atom. The maximum absolute atomic E-state index is 12.9. The van der Waals surface area contributed by atoms with Gasteiger partial charge in [-0.05, 0) is 53.1 Å². The van der Waals surface area contributed by atoms with E-state index in [-0.39, 0.29) is 73.4 Å². The number of benzene rings is 6. The first kappa shape index (κ1) is 42.6. The van der Waals surface area contributed by atoms with E-state index in [1.54, 1.807) is 0 Å². The minimum atomic E-state index is -1.82. The van der Waals surface area contributed by atoms with E-state index in [0.29, 0.717) is 5.56 Å². The Bertz CT molecular complexity index is 2810. The van der Waals surface area contributed by atoms with Crippen molar-refractivity contribution in [3.8, 4) is 69.0 Å². The number of aliphatic hydroxyl groups excluding tert-OH is 3. The molecule has 0 amide bonds. The quantitative estimate of drug-likeness (QED) is 0.0890. The molecule has 9 unspecified atom stereocenters. The predicted molar refractivity (Wildman–Crippen MR) is 225 cm³/mol. The van der Waals surface area contributed by atoms with E-state index in [4.69, 9.17) is 18.9 Å². The number of methoxy groups -OCH3 is 1. The highest BCUT2D eigenvalue weighted by Gasteiger charge is 2.52. The second-order valence-corrected chi connectivity index (χ2v) is 16.2. The molecule has 6 aromatic carbocycles. The molecule has 0 saturated heterocycles. The number of hydrogen-bond donors (Lipinski definition) is 12. The Hall–Kier alpha value is -7.73. The van der Waals surface area contributed by atoms with Gasteiger partial charge in [0.2, 0.25) is 0 Å². The molecule has 9 rings (SSSR count). The van der Waals surface area contributed by atoms with Gasteiger partial charge in [-0.2, -0.15) is 0 Å². The van der Waals surface area contributed by atoms with Crippen molar-refractivity contribution in [2.75, 3.05) is 7.11 Å². The van der Waals surface area contributed by atoms with Crippen molar-refractivity contribution in [2.24, 2.45) is 0 Å². The lowest BCUT2D eigenvalue weighted by atomic mass is 9.72. The van der Waals surface area contributed by atoms with Crippen molar-refractivity contribution in [3.05, 3.63) is 142 Å². The fourth-order valence-electron chi connectivity index (χ4n) is 9.42. The fourth-order valence-corrected chi connectivity index (χ4v) is 9.42. The summed E-state index contributed by atoms with van der Waals surface area (Å²) in [5, 5.41) is 137. The predicted octanol–water partition coefficient (Wildman–Crippen LogP) is 5.43. The van der Waals surface area contributed by atoms with Crippen molar-refractivity contribution < 1.29 is 85.0 Å². The molecule has 0 bridgehead atoms. The molecule has 3 aliphatic heterocycles. The van der Waals surface area contributed by atoms with E-state index >= 15 is 0 Å². The molecule has 6 aromatic rings. The van der Waals surface area contributed by atoms with E-state index in [9.17, 15) is 66.1 Å². The Morgan fingerprint density at radius 1 is 0.462 bits per heavy atom. The molecule has 0 radical (unpaired) electrons. The third-order valence-corrected chi connectivity index (χ3v) is 12.4. The Labute approximate surface area is 368 Å². The largest absolute Gasteiger partial charge is 0.508 e. The molecule has 12 N–H and O–H groups in total. The zero-order chi connectivity index (χ0) is 46.2. The number of phenols is 9. The van der Waals surface area contributed by atoms with Crippen LogP contribution in [0.2, 0.25) is 0 Å². The van der Waals surface area contributed by atoms with Gasteiger partial charge in [0.15, 0.2) is 18.3 Å². The maximum atomic E-state index is 12.9. The average Bonchev–Trinajstić information content (AvgIpc) is 3.26. The lowest BCUT2D eigenvalue weighted by Crippen LogP contribution is -2.39. The molecule has 3 heterocycles. The monoisotopic (exact) mass is 890 g/mol. The molecule has 17 heteroatoms. The SMILES string of the molecule is COC(=O)CC1c2c(O)cc(O)c(C3c4c(O)cc(O)c(C5c6c(O)cc(O)cc6OC(c6ccc(O)cc6)C5O)c4OC(c4ccc(O)cc4)C3O)c2OC(c2ccc(O)cc2)C1O. The number of aromatic hydroxyl groups is 9. The lowest BCUT2D eigenvalue weighted by molar-refractivity contribution is -0.142. The van der Waals surface area contributed by atoms with E-state index < -0.39 is 101 Å². The van der Waals surface area contributed by atoms with E-state index in [0.717, 1.165) is 25.3 Å². The van der Waals surface area contributed by atoms with Crippen LogP contribution in [0.5, 0.6) is 69.0 Å². The molecule has 0 saturated carbocycles. The first-order chi connectivity index (χ1) is 31.1. The van der Waals surface area contributed by atoms with Crippen LogP contribution in [-0.4, -0.2) is 92.7 Å². The smallest absolute Gasteiger partial charge is 0.306 e. The molecule has 336 valence electrons. The summed E-state index contributed by atoms with van der Waals surface area (Å²) < 4.78 is 24.2. The zero-order valence-electron chi connectivity index (χ0n) is 34.0. The summed E-state index contributed by atoms with van der Waals surface area (Å²) in [6, 6.07) is 20.6. The van der Waals surface area contributed by atoms with Gasteiger partial charge in [0.25, 0.3) is 0 Å². The first-order valence-electron chi connectivity index (χ1n) is 20.3. The zero-order valence-corrected chi connectivity index (χ0v) is 34.0. The molecular formula is C48H42O17. The Morgan fingerprint density at radius 2 is 0.831 bits per heavy atom. The number of carbonyl (C=O) groups is 1. The van der Waals surface area contributed by atoms with Crippen molar-refractivity contribution in [1.29, 1.82) is 0 Å². The van der Waals surface area contributed by atoms with Crippen LogP contribution in [0.15, 0.2) is 97.1 Å². The molecule has 9 atom stereocenters. The van der Waals surface area contributed by atoms with Crippen molar-refractivity contribution in [2.45, 2.75) is 60.8 Å². The first-order valence-corrected chi connectivity index (χ1v) is 20.3. The Kier molecular flexibility index (Phi) is 10.6. The number of aliphatic hydroxyl groups is 3. The summed E-state index contributed by atoms with van der Waals surface area (Å²) in [7, 11) is 1.13. The average molecular weight is 891 g/mol. The van der Waals surface area contributed by atoms with E-state index in [1.807, 2.05) is 0 Å². The third kappa shape index (κ3) is 7.15. The van der Waals surface area contributed by atoms with Gasteiger partial charge in [0, 0.05) is 58.0 Å². The third-order valence-electron chi connectivity index (χ3n) is 12.4. The van der Waals surface area contributed by atoms with Crippen LogP contribution in [0.4, 0.5) is 0 Å². The summed E-state index contributed by atoms with van der Waals surface area (Å²) in [6.45, 7) is 0. The van der Waals surface area contributed by atoms with Crippen molar-refractivity contribution in [1.82, 2.24) is 0 Å². The standard InChI is InChI=1S/C48H42O17/c1-62-33(58)16-26-34-28(54)17-29(55)37(47(34)64-44(41(26)59)19-2-8-22(49)9-3-19)40-38-31(57)18-30(56)36(48(38)65-46(43(40)61)21-6-12-24(51)13-7-21)39-35-27(53)14-25(52)15-32(35)63-45(42(39)60)20-4-10-23(50)11-5-20/h2-15,17-18,26,39-46,49-57,59-61H,16H2,1H3. The van der Waals surface area contributed by atoms with Gasteiger partial charge in [-0.15, -0.1) is 0 Å². The summed E-state index contributed by atoms with van der Waals surface area (Å²) >= 11 is 0. The summed E-state index contributed by atoms with van der Waals surface area (Å²) in [5.74, 6) is -10.2. The topological polar surface area (TPSA) is 297 Å². The highest BCUT2D eigenvalue weighted by atomic mass is 16.5. The van der Waals surface area contributed by atoms with Gasteiger partial charge in [0.05, 0.1) is 25.4 Å². The van der Waals surface area contributed by atoms with E-state index in [2.05, 4.69) is 0 Å². The molecule has 0 aliphatic carbocycles. The van der Waals surface area contributed by atoms with Crippen LogP contribution in [0, 0.1) is 0 Å². The molecule has 0 spiro atoms. The summed E-state index contributed by atoms with van der Waals surface area (Å²) in [5.41, 5.74) is -0.350. The van der Waals surface area contributed by atoms with Crippen LogP contribution < -0.4 is 14.2 Å². The number of hydrogen-bond acceptors (Lipinski definition) is 17. The lowest BCUT2D eigenvalue weighted by Gasteiger charge is -2.44. The number of rotatable bonds is 7. The molecule has 0 aromatic heterocycles. The highest BCUT2D eigenvalue weighted by Crippen LogP contribution is 2.63. The minimum absolute atomic E-state index is 0.0982. The second kappa shape index (κ2) is 16.1. The number of carbonyl (C=O) groups excluding carboxylic acids is 1. The number of ether oxygens (including phenoxy) is 4. The van der Waals surface area contributed by atoms with Crippen LogP contribution in [0.1, 0.15) is 87.0 Å². The van der Waals surface area contributed by atoms with Gasteiger partial charge in [0.1, 0.15) is 87.3 Å². The van der Waals surface area contributed by atoms with Crippen LogP contribution in [0.3, 0.4) is 0 Å². The van der Waals surface area contributed by atoms with E-state index in [1.165, 1.54) is 78.9 Å². The summed E-state index contributed by atoms with van der Waals surface area (Å²) in [6.07, 6.45) is -9.76. The molecule has 3 aliphatic rings. The maximum Gasteiger partial charge on any atom is 0.306 e. The highest BCUT2D eigenvalue weighted by molar-refractivity contribution is 5.74. The number of phenolic OH excluding ortho intramolecular Hbond substituents is 9. The molecule has 65 heavy (non-hydrogen) atoms. The molecular weight excluding hydrogens is 849 g/mol. The van der Waals surface area contributed by atoms with Gasteiger partial charge in [-0.3, -0.25) is 4.79 Å². The van der Waals surface area contributed by atoms with Gasteiger partial charge >= 0.3 is 5.97 Å². The second-order valence-electron chi connectivity index (χ2n) is 16.2. The number of fused-ring (bicyclic) bond motifs is 3. The fraction of sp³-hybridized carbons (Fsp3) is 0.229. The van der Waals surface area contributed by atoms with Crippen LogP contribution >= 0.6 is 0 Å². The molecule has 17 nitrogen and oxygen atoms in total. The van der Waals surface area contributed by atoms with Crippen molar-refractivity contribution >= 4 is 5.97 Å².